The van der Waals surface area contributed by atoms with Crippen LogP contribution in [0.25, 0.3) is 0 Å². The molecule has 8 heteroatoms. The van der Waals surface area contributed by atoms with Gasteiger partial charge < -0.3 is 10.1 Å². The van der Waals surface area contributed by atoms with Gasteiger partial charge in [0, 0.05) is 17.4 Å². The predicted octanol–water partition coefficient (Wildman–Crippen LogP) is 4.57. The Morgan fingerprint density at radius 1 is 1.28 bits per heavy atom. The minimum absolute atomic E-state index is 0.0312. The highest BCUT2D eigenvalue weighted by Gasteiger charge is 2.61. The average molecular weight is 389 g/mol. The van der Waals surface area contributed by atoms with Crippen molar-refractivity contribution in [3.63, 3.8) is 0 Å². The van der Waals surface area contributed by atoms with Crippen molar-refractivity contribution in [1.29, 1.82) is 0 Å². The smallest absolute Gasteiger partial charge is 0.377 e. The molecular weight excluding hydrogens is 372 g/mol. The molecule has 0 radical (unpaired) electrons. The third kappa shape index (κ3) is 3.12. The first-order valence-electron chi connectivity index (χ1n) is 7.66. The third-order valence-electron chi connectivity index (χ3n) is 4.19. The molecule has 2 aromatic rings. The second kappa shape index (κ2) is 6.42. The minimum atomic E-state index is -4.60. The number of hydrogen-bond donors (Lipinski definition) is 1. The maximum absolute atomic E-state index is 14.5. The summed E-state index contributed by atoms with van der Waals surface area (Å²) in [6, 6.07) is 6.16. The van der Waals surface area contributed by atoms with E-state index in [1.807, 2.05) is 0 Å². The molecule has 1 aromatic heterocycles. The second-order valence-electron chi connectivity index (χ2n) is 6.24. The molecule has 2 atom stereocenters. The van der Waals surface area contributed by atoms with Crippen molar-refractivity contribution in [1.82, 2.24) is 4.98 Å². The van der Waals surface area contributed by atoms with Gasteiger partial charge >= 0.3 is 6.18 Å². The van der Waals surface area contributed by atoms with Crippen molar-refractivity contribution in [3.8, 4) is 0 Å². The number of hydrogen-bond acceptors (Lipinski definition) is 3. The summed E-state index contributed by atoms with van der Waals surface area (Å²) in [5.74, 6) is 0.137. The van der Waals surface area contributed by atoms with E-state index >= 15 is 0 Å². The van der Waals surface area contributed by atoms with Crippen LogP contribution >= 0.6 is 20.8 Å². The standard InChI is InChI=1S/C17H17ClF3N2OP/c1-9(2)24-8-16(17(19,20)21)12-6-11(25)3-4-14(12)23-15-13(16)5-10(18)7-22-15/h3-7,9H,8,25H2,1-2H3,(H,22,23). The molecule has 25 heavy (non-hydrogen) atoms. The van der Waals surface area contributed by atoms with Crippen LogP contribution in [0.1, 0.15) is 25.0 Å². The molecule has 1 aliphatic heterocycles. The molecular formula is C17H17ClF3N2OP. The van der Waals surface area contributed by atoms with Crippen molar-refractivity contribution >= 4 is 37.7 Å². The molecule has 0 bridgehead atoms. The lowest BCUT2D eigenvalue weighted by molar-refractivity contribution is -0.195. The van der Waals surface area contributed by atoms with Crippen LogP contribution in [0.2, 0.25) is 5.02 Å². The Kier molecular flexibility index (Phi) is 4.73. The number of fused-ring (bicyclic) bond motifs is 2. The molecule has 0 fully saturated rings. The first kappa shape index (κ1) is 18.4. The van der Waals surface area contributed by atoms with Gasteiger partial charge in [-0.25, -0.2) is 4.98 Å². The summed E-state index contributed by atoms with van der Waals surface area (Å²) in [6.07, 6.45) is -3.63. The van der Waals surface area contributed by atoms with Gasteiger partial charge in [0.25, 0.3) is 0 Å². The number of ether oxygens (including phenoxy) is 1. The van der Waals surface area contributed by atoms with Crippen LogP contribution in [0, 0.1) is 0 Å². The first-order valence-corrected chi connectivity index (χ1v) is 8.62. The quantitative estimate of drug-likeness (QED) is 0.782. The molecule has 1 N–H and O–H groups in total. The maximum Gasteiger partial charge on any atom is 0.404 e. The molecule has 0 saturated carbocycles. The number of aromatic nitrogens is 1. The fourth-order valence-electron chi connectivity index (χ4n) is 3.00. The van der Waals surface area contributed by atoms with E-state index < -0.39 is 18.2 Å². The molecule has 0 aliphatic carbocycles. The Bertz CT molecular complexity index is 759. The van der Waals surface area contributed by atoms with Gasteiger partial charge in [0.15, 0.2) is 0 Å². The van der Waals surface area contributed by atoms with Crippen LogP contribution in [0.4, 0.5) is 24.7 Å². The lowest BCUT2D eigenvalue weighted by Crippen LogP contribution is -2.50. The Hall–Kier alpha value is -1.36. The molecule has 134 valence electrons. The summed E-state index contributed by atoms with van der Waals surface area (Å²) < 4.78 is 48.9. The van der Waals surface area contributed by atoms with E-state index in [0.717, 1.165) is 0 Å². The Morgan fingerprint density at radius 2 is 2.00 bits per heavy atom. The zero-order valence-corrected chi connectivity index (χ0v) is 15.5. The van der Waals surface area contributed by atoms with Crippen LogP contribution < -0.4 is 10.6 Å². The fraction of sp³-hybridized carbons (Fsp3) is 0.353. The Morgan fingerprint density at radius 3 is 2.64 bits per heavy atom. The molecule has 0 spiro atoms. The van der Waals surface area contributed by atoms with Gasteiger partial charge in [-0.15, -0.1) is 9.24 Å². The highest BCUT2D eigenvalue weighted by atomic mass is 35.5. The molecule has 2 heterocycles. The zero-order valence-electron chi connectivity index (χ0n) is 13.6. The summed E-state index contributed by atoms with van der Waals surface area (Å²) in [5, 5.41) is 3.77. The number of nitrogens with zero attached hydrogens (tertiary/aromatic N) is 1. The Labute approximate surface area is 151 Å². The molecule has 1 aliphatic rings. The fourth-order valence-corrected chi connectivity index (χ4v) is 3.42. The van der Waals surface area contributed by atoms with Gasteiger partial charge in [0.05, 0.1) is 17.7 Å². The van der Waals surface area contributed by atoms with Crippen molar-refractivity contribution in [2.45, 2.75) is 31.5 Å². The van der Waals surface area contributed by atoms with E-state index in [9.17, 15) is 13.2 Å². The van der Waals surface area contributed by atoms with Crippen molar-refractivity contribution in [2.24, 2.45) is 0 Å². The topological polar surface area (TPSA) is 34.1 Å². The molecule has 2 unspecified atom stereocenters. The normalized spacial score (nSPS) is 19.4. The van der Waals surface area contributed by atoms with E-state index in [2.05, 4.69) is 19.5 Å². The Balaban J connectivity index is 2.34. The highest BCUT2D eigenvalue weighted by Crippen LogP contribution is 2.54. The lowest BCUT2D eigenvalue weighted by Gasteiger charge is -2.42. The van der Waals surface area contributed by atoms with Gasteiger partial charge in [-0.1, -0.05) is 17.7 Å². The van der Waals surface area contributed by atoms with Gasteiger partial charge in [0.1, 0.15) is 11.2 Å². The number of benzene rings is 1. The first-order chi connectivity index (χ1) is 11.6. The summed E-state index contributed by atoms with van der Waals surface area (Å²) in [5.41, 5.74) is -1.92. The third-order valence-corrected chi connectivity index (χ3v) is 4.75. The summed E-state index contributed by atoms with van der Waals surface area (Å²) in [4.78, 5) is 4.07. The van der Waals surface area contributed by atoms with Gasteiger partial charge in [-0.05, 0) is 42.9 Å². The summed E-state index contributed by atoms with van der Waals surface area (Å²) >= 11 is 5.97. The van der Waals surface area contributed by atoms with Gasteiger partial charge in [0.2, 0.25) is 0 Å². The molecule has 3 rings (SSSR count). The van der Waals surface area contributed by atoms with Crippen molar-refractivity contribution < 1.29 is 17.9 Å². The average Bonchev–Trinajstić information content (AvgIpc) is 2.51. The van der Waals surface area contributed by atoms with Gasteiger partial charge in [-0.3, -0.25) is 0 Å². The highest BCUT2D eigenvalue weighted by molar-refractivity contribution is 7.27. The van der Waals surface area contributed by atoms with E-state index in [1.165, 1.54) is 18.3 Å². The molecule has 1 aromatic carbocycles. The number of nitrogens with one attached hydrogen (secondary N) is 1. The molecule has 3 nitrogen and oxygen atoms in total. The van der Waals surface area contributed by atoms with Crippen LogP contribution in [-0.4, -0.2) is 23.9 Å². The van der Waals surface area contributed by atoms with E-state index in [1.54, 1.807) is 26.0 Å². The maximum atomic E-state index is 14.5. The van der Waals surface area contributed by atoms with Crippen LogP contribution in [0.15, 0.2) is 30.5 Å². The number of rotatable bonds is 3. The van der Waals surface area contributed by atoms with Gasteiger partial charge in [-0.2, -0.15) is 13.2 Å². The second-order valence-corrected chi connectivity index (χ2v) is 7.35. The molecule has 0 saturated heterocycles. The van der Waals surface area contributed by atoms with Crippen LogP contribution in [-0.2, 0) is 10.2 Å². The lowest BCUT2D eigenvalue weighted by atomic mass is 9.71. The summed E-state index contributed by atoms with van der Waals surface area (Å²) in [6.45, 7) is 2.86. The van der Waals surface area contributed by atoms with E-state index in [-0.39, 0.29) is 28.1 Å². The largest absolute Gasteiger partial charge is 0.404 e. The monoisotopic (exact) mass is 388 g/mol. The minimum Gasteiger partial charge on any atom is -0.377 e. The number of pyridine rings is 1. The predicted molar refractivity (Wildman–Crippen MR) is 96.2 cm³/mol. The van der Waals surface area contributed by atoms with Crippen LogP contribution in [0.3, 0.4) is 0 Å². The zero-order chi connectivity index (χ0) is 18.4. The number of anilines is 2. The van der Waals surface area contributed by atoms with Crippen LogP contribution in [0.5, 0.6) is 0 Å². The van der Waals surface area contributed by atoms with E-state index in [0.29, 0.717) is 11.0 Å². The van der Waals surface area contributed by atoms with E-state index in [4.69, 9.17) is 16.3 Å². The SMILES string of the molecule is CC(C)OCC1(C(F)(F)F)c2cc(P)ccc2Nc2ncc(Cl)cc21. The number of alkyl halides is 3. The van der Waals surface area contributed by atoms with Crippen molar-refractivity contribution in [2.75, 3.05) is 11.9 Å². The molecule has 0 amide bonds. The summed E-state index contributed by atoms with van der Waals surface area (Å²) in [7, 11) is 2.43. The van der Waals surface area contributed by atoms with Crippen molar-refractivity contribution in [3.05, 3.63) is 46.6 Å². The number of halogens is 4.